The molecule has 0 aliphatic heterocycles. The predicted octanol–water partition coefficient (Wildman–Crippen LogP) is 5.94. The average Bonchev–Trinajstić information content (AvgIpc) is 2.92. The second-order valence-corrected chi connectivity index (χ2v) is 6.96. The highest BCUT2D eigenvalue weighted by atomic mass is 79.9. The number of hydrogen-bond donors (Lipinski definition) is 1. The Kier molecular flexibility index (Phi) is 5.82. The van der Waals surface area contributed by atoms with Gasteiger partial charge in [0.15, 0.2) is 0 Å². The molecule has 1 N–H and O–H groups in total. The second-order valence-electron chi connectivity index (χ2n) is 5.05. The summed E-state index contributed by atoms with van der Waals surface area (Å²) in [6.07, 6.45) is 2.31. The van der Waals surface area contributed by atoms with E-state index in [1.54, 1.807) is 0 Å². The van der Waals surface area contributed by atoms with Crippen LogP contribution in [0.5, 0.6) is 0 Å². The predicted molar refractivity (Wildman–Crippen MR) is 93.5 cm³/mol. The highest BCUT2D eigenvalue weighted by molar-refractivity contribution is 9.10. The van der Waals surface area contributed by atoms with E-state index in [2.05, 4.69) is 72.3 Å². The summed E-state index contributed by atoms with van der Waals surface area (Å²) in [5.41, 5.74) is 2.58. The van der Waals surface area contributed by atoms with Gasteiger partial charge in [-0.2, -0.15) is 0 Å². The van der Waals surface area contributed by atoms with E-state index in [9.17, 15) is 0 Å². The van der Waals surface area contributed by atoms with Crippen molar-refractivity contribution in [1.29, 1.82) is 0 Å². The molecule has 0 aliphatic carbocycles. The van der Waals surface area contributed by atoms with Crippen molar-refractivity contribution >= 4 is 27.3 Å². The van der Waals surface area contributed by atoms with Crippen LogP contribution in [0.3, 0.4) is 0 Å². The first-order valence-electron chi connectivity index (χ1n) is 7.26. The van der Waals surface area contributed by atoms with E-state index in [4.69, 9.17) is 0 Å². The monoisotopic (exact) mass is 351 g/mol. The number of aryl methyl sites for hydroxylation is 1. The first kappa shape index (κ1) is 15.7. The summed E-state index contributed by atoms with van der Waals surface area (Å²) in [4.78, 5) is 2.77. The molecule has 0 saturated carbocycles. The number of benzene rings is 1. The second kappa shape index (κ2) is 7.39. The summed E-state index contributed by atoms with van der Waals surface area (Å²) in [6, 6.07) is 11.5. The van der Waals surface area contributed by atoms with Crippen molar-refractivity contribution in [3.05, 3.63) is 45.2 Å². The SMILES string of the molecule is CCCNC(CC)c1ccc(-c2cccc(C)c2Br)s1. The van der Waals surface area contributed by atoms with Crippen LogP contribution in [-0.2, 0) is 0 Å². The Morgan fingerprint density at radius 3 is 2.70 bits per heavy atom. The molecule has 0 amide bonds. The first-order valence-corrected chi connectivity index (χ1v) is 8.86. The van der Waals surface area contributed by atoms with Gasteiger partial charge in [-0.3, -0.25) is 0 Å². The molecule has 20 heavy (non-hydrogen) atoms. The lowest BCUT2D eigenvalue weighted by Crippen LogP contribution is -2.20. The van der Waals surface area contributed by atoms with E-state index >= 15 is 0 Å². The minimum Gasteiger partial charge on any atom is -0.309 e. The normalized spacial score (nSPS) is 12.6. The molecule has 1 aromatic heterocycles. The Bertz CT molecular complexity index is 562. The standard InChI is InChI=1S/C17H22BrNS/c1-4-11-19-14(5-2)16-10-9-15(20-16)13-8-6-7-12(3)17(13)18/h6-10,14,19H,4-5,11H2,1-3H3. The molecule has 1 atom stereocenters. The lowest BCUT2D eigenvalue weighted by molar-refractivity contribution is 0.525. The van der Waals surface area contributed by atoms with Crippen LogP contribution in [0.4, 0.5) is 0 Å². The molecular weight excluding hydrogens is 330 g/mol. The van der Waals surface area contributed by atoms with Crippen LogP contribution in [0, 0.1) is 6.92 Å². The summed E-state index contributed by atoms with van der Waals surface area (Å²) >= 11 is 5.61. The van der Waals surface area contributed by atoms with Crippen molar-refractivity contribution in [2.75, 3.05) is 6.54 Å². The van der Waals surface area contributed by atoms with Crippen molar-refractivity contribution in [3.8, 4) is 10.4 Å². The van der Waals surface area contributed by atoms with E-state index in [-0.39, 0.29) is 0 Å². The van der Waals surface area contributed by atoms with Crippen molar-refractivity contribution in [2.45, 2.75) is 39.7 Å². The van der Waals surface area contributed by atoms with E-state index in [1.807, 2.05) is 11.3 Å². The van der Waals surface area contributed by atoms with E-state index in [1.165, 1.54) is 31.8 Å². The molecule has 0 fully saturated rings. The minimum absolute atomic E-state index is 0.484. The number of rotatable bonds is 6. The first-order chi connectivity index (χ1) is 9.67. The molecule has 2 aromatic rings. The Morgan fingerprint density at radius 2 is 2.00 bits per heavy atom. The van der Waals surface area contributed by atoms with E-state index in [0.717, 1.165) is 13.0 Å². The van der Waals surface area contributed by atoms with Crippen LogP contribution in [0.1, 0.15) is 43.2 Å². The number of thiophene rings is 1. The molecule has 1 nitrogen and oxygen atoms in total. The average molecular weight is 352 g/mol. The summed E-state index contributed by atoms with van der Waals surface area (Å²) in [6.45, 7) is 7.68. The zero-order valence-corrected chi connectivity index (χ0v) is 14.8. The maximum absolute atomic E-state index is 3.71. The molecule has 3 heteroatoms. The Balaban J connectivity index is 2.26. The summed E-state index contributed by atoms with van der Waals surface area (Å²) < 4.78 is 1.21. The number of halogens is 1. The third kappa shape index (κ3) is 3.51. The van der Waals surface area contributed by atoms with Crippen LogP contribution in [0.15, 0.2) is 34.8 Å². The van der Waals surface area contributed by atoms with Crippen LogP contribution in [-0.4, -0.2) is 6.54 Å². The van der Waals surface area contributed by atoms with Gasteiger partial charge in [0, 0.05) is 25.8 Å². The lowest BCUT2D eigenvalue weighted by atomic mass is 10.1. The molecule has 0 saturated heterocycles. The molecule has 2 rings (SSSR count). The van der Waals surface area contributed by atoms with Gasteiger partial charge in [0.05, 0.1) is 0 Å². The van der Waals surface area contributed by atoms with Gasteiger partial charge >= 0.3 is 0 Å². The van der Waals surface area contributed by atoms with Gasteiger partial charge in [-0.25, -0.2) is 0 Å². The van der Waals surface area contributed by atoms with Gasteiger partial charge in [-0.05, 0) is 59.9 Å². The molecule has 0 radical (unpaired) electrons. The van der Waals surface area contributed by atoms with Gasteiger partial charge in [0.2, 0.25) is 0 Å². The molecule has 0 aliphatic rings. The minimum atomic E-state index is 0.484. The van der Waals surface area contributed by atoms with Gasteiger partial charge in [-0.15, -0.1) is 11.3 Å². The van der Waals surface area contributed by atoms with Gasteiger partial charge in [-0.1, -0.05) is 32.0 Å². The zero-order chi connectivity index (χ0) is 14.5. The third-order valence-corrected chi connectivity index (χ3v) is 5.76. The number of nitrogens with one attached hydrogen (secondary N) is 1. The molecule has 0 spiro atoms. The molecular formula is C17H22BrNS. The lowest BCUT2D eigenvalue weighted by Gasteiger charge is -2.14. The van der Waals surface area contributed by atoms with E-state index < -0.39 is 0 Å². The van der Waals surface area contributed by atoms with Crippen molar-refractivity contribution in [3.63, 3.8) is 0 Å². The van der Waals surface area contributed by atoms with Crippen LogP contribution in [0.2, 0.25) is 0 Å². The van der Waals surface area contributed by atoms with Gasteiger partial charge in [0.1, 0.15) is 0 Å². The highest BCUT2D eigenvalue weighted by Crippen LogP contribution is 2.37. The Morgan fingerprint density at radius 1 is 1.20 bits per heavy atom. The van der Waals surface area contributed by atoms with Crippen molar-refractivity contribution < 1.29 is 0 Å². The summed E-state index contributed by atoms with van der Waals surface area (Å²) in [5, 5.41) is 3.62. The fourth-order valence-corrected chi connectivity index (χ4v) is 4.09. The zero-order valence-electron chi connectivity index (χ0n) is 12.4. The molecule has 1 aromatic carbocycles. The fraction of sp³-hybridized carbons (Fsp3) is 0.412. The maximum Gasteiger partial charge on any atom is 0.0412 e. The quantitative estimate of drug-likeness (QED) is 0.679. The smallest absolute Gasteiger partial charge is 0.0412 e. The summed E-state index contributed by atoms with van der Waals surface area (Å²) in [7, 11) is 0. The molecule has 1 heterocycles. The van der Waals surface area contributed by atoms with Gasteiger partial charge in [0.25, 0.3) is 0 Å². The molecule has 108 valence electrons. The van der Waals surface area contributed by atoms with E-state index in [0.29, 0.717) is 6.04 Å². The van der Waals surface area contributed by atoms with Crippen LogP contribution >= 0.6 is 27.3 Å². The summed E-state index contributed by atoms with van der Waals surface area (Å²) in [5.74, 6) is 0. The maximum atomic E-state index is 3.71. The Hall–Kier alpha value is -0.640. The molecule has 1 unspecified atom stereocenters. The third-order valence-electron chi connectivity index (χ3n) is 3.48. The van der Waals surface area contributed by atoms with Crippen molar-refractivity contribution in [2.24, 2.45) is 0 Å². The number of hydrogen-bond acceptors (Lipinski definition) is 2. The van der Waals surface area contributed by atoms with Crippen LogP contribution in [0.25, 0.3) is 10.4 Å². The van der Waals surface area contributed by atoms with Gasteiger partial charge < -0.3 is 5.32 Å². The van der Waals surface area contributed by atoms with Crippen LogP contribution < -0.4 is 5.32 Å². The Labute approximate surface area is 134 Å². The molecule has 0 bridgehead atoms. The topological polar surface area (TPSA) is 12.0 Å². The highest BCUT2D eigenvalue weighted by Gasteiger charge is 2.13. The van der Waals surface area contributed by atoms with Crippen molar-refractivity contribution in [1.82, 2.24) is 5.32 Å². The fourth-order valence-electron chi connectivity index (χ4n) is 2.29. The largest absolute Gasteiger partial charge is 0.309 e.